The van der Waals surface area contributed by atoms with Gasteiger partial charge in [0.1, 0.15) is 17.9 Å². The molecule has 0 fully saturated rings. The summed E-state index contributed by atoms with van der Waals surface area (Å²) in [7, 11) is 0. The fourth-order valence-electron chi connectivity index (χ4n) is 1.51. The second-order valence-electron chi connectivity index (χ2n) is 4.00. The molecule has 0 unspecified atom stereocenters. The van der Waals surface area contributed by atoms with Crippen LogP contribution in [-0.2, 0) is 11.2 Å². The Hall–Kier alpha value is -2.07. The van der Waals surface area contributed by atoms with Gasteiger partial charge in [0.2, 0.25) is 0 Å². The summed E-state index contributed by atoms with van der Waals surface area (Å²) in [6.45, 7) is 0. The van der Waals surface area contributed by atoms with Crippen LogP contribution in [0.1, 0.15) is 15.9 Å². The third kappa shape index (κ3) is 5.44. The smallest absolute Gasteiger partial charge is 0.180 e. The molecule has 2 nitrogen and oxygen atoms in total. The highest BCUT2D eigenvalue weighted by molar-refractivity contribution is 6.30. The van der Waals surface area contributed by atoms with Gasteiger partial charge in [-0.3, -0.25) is 4.79 Å². The van der Waals surface area contributed by atoms with E-state index in [1.54, 1.807) is 24.3 Å². The van der Waals surface area contributed by atoms with Crippen LogP contribution in [0.3, 0.4) is 0 Å². The van der Waals surface area contributed by atoms with Crippen molar-refractivity contribution in [3.05, 3.63) is 71.3 Å². The van der Waals surface area contributed by atoms with E-state index in [4.69, 9.17) is 11.6 Å². The van der Waals surface area contributed by atoms with Crippen LogP contribution < -0.4 is 0 Å². The molecule has 0 spiro atoms. The highest BCUT2D eigenvalue weighted by Crippen LogP contribution is 2.07. The summed E-state index contributed by atoms with van der Waals surface area (Å²) in [4.78, 5) is 20.8. The predicted molar refractivity (Wildman–Crippen MR) is 77.6 cm³/mol. The SMILES string of the molecule is O=C(CCl)c1ccccc1F.O=CCc1ccccc1F. The van der Waals surface area contributed by atoms with E-state index < -0.39 is 5.82 Å². The van der Waals surface area contributed by atoms with Gasteiger partial charge in [0.25, 0.3) is 0 Å². The summed E-state index contributed by atoms with van der Waals surface area (Å²) < 4.78 is 25.4. The molecule has 2 aromatic carbocycles. The molecule has 0 saturated carbocycles. The van der Waals surface area contributed by atoms with Crippen LogP contribution in [0, 0.1) is 11.6 Å². The van der Waals surface area contributed by atoms with Crippen molar-refractivity contribution in [2.45, 2.75) is 6.42 Å². The molecular weight excluding hydrogens is 298 g/mol. The molecule has 0 aliphatic heterocycles. The third-order valence-corrected chi connectivity index (χ3v) is 2.80. The lowest BCUT2D eigenvalue weighted by molar-refractivity contribution is -0.107. The van der Waals surface area contributed by atoms with Crippen molar-refractivity contribution in [2.24, 2.45) is 0 Å². The Bertz CT molecular complexity index is 615. The first-order chi connectivity index (χ1) is 10.1. The number of aldehydes is 1. The molecular formula is C16H13ClF2O2. The van der Waals surface area contributed by atoms with Gasteiger partial charge in [0.15, 0.2) is 5.78 Å². The van der Waals surface area contributed by atoms with Gasteiger partial charge < -0.3 is 4.79 Å². The number of Topliss-reactive ketones (excluding diaryl/α,β-unsaturated/α-hetero) is 1. The highest BCUT2D eigenvalue weighted by Gasteiger charge is 2.07. The molecule has 0 bridgehead atoms. The summed E-state index contributed by atoms with van der Waals surface area (Å²) in [6, 6.07) is 12.0. The highest BCUT2D eigenvalue weighted by atomic mass is 35.5. The number of halogens is 3. The van der Waals surface area contributed by atoms with E-state index in [2.05, 4.69) is 0 Å². The Labute approximate surface area is 126 Å². The topological polar surface area (TPSA) is 34.1 Å². The summed E-state index contributed by atoms with van der Waals surface area (Å²) in [5.41, 5.74) is 0.514. The molecule has 0 aliphatic carbocycles. The molecule has 21 heavy (non-hydrogen) atoms. The molecule has 5 heteroatoms. The molecule has 0 radical (unpaired) electrons. The van der Waals surface area contributed by atoms with Crippen molar-refractivity contribution >= 4 is 23.7 Å². The Morgan fingerprint density at radius 1 is 1.00 bits per heavy atom. The Kier molecular flexibility index (Phi) is 7.26. The maximum absolute atomic E-state index is 12.7. The van der Waals surface area contributed by atoms with E-state index in [0.717, 1.165) is 0 Å². The minimum Gasteiger partial charge on any atom is -0.303 e. The number of hydrogen-bond acceptors (Lipinski definition) is 2. The fourth-order valence-corrected chi connectivity index (χ4v) is 1.66. The zero-order valence-electron chi connectivity index (χ0n) is 11.1. The molecule has 0 amide bonds. The zero-order valence-corrected chi connectivity index (χ0v) is 11.8. The van der Waals surface area contributed by atoms with Crippen molar-refractivity contribution < 1.29 is 18.4 Å². The number of benzene rings is 2. The average molecular weight is 311 g/mol. The Balaban J connectivity index is 0.000000211. The molecule has 0 saturated heterocycles. The third-order valence-electron chi connectivity index (χ3n) is 2.56. The number of carbonyl (C=O) groups is 2. The lowest BCUT2D eigenvalue weighted by Gasteiger charge is -1.96. The molecule has 0 aromatic heterocycles. The minimum absolute atomic E-state index is 0.0579. The van der Waals surface area contributed by atoms with E-state index in [1.807, 2.05) is 0 Å². The first-order valence-corrected chi connectivity index (χ1v) is 6.64. The zero-order chi connectivity index (χ0) is 15.7. The van der Waals surface area contributed by atoms with Gasteiger partial charge >= 0.3 is 0 Å². The molecule has 0 atom stereocenters. The maximum Gasteiger partial charge on any atom is 0.180 e. The Morgan fingerprint density at radius 3 is 2.10 bits per heavy atom. The van der Waals surface area contributed by atoms with Crippen LogP contribution in [0.25, 0.3) is 0 Å². The lowest BCUT2D eigenvalue weighted by atomic mass is 10.1. The van der Waals surface area contributed by atoms with Crippen LogP contribution in [0.2, 0.25) is 0 Å². The van der Waals surface area contributed by atoms with Crippen LogP contribution in [0.15, 0.2) is 48.5 Å². The first kappa shape index (κ1) is 17.0. The molecule has 110 valence electrons. The minimum atomic E-state index is -0.516. The van der Waals surface area contributed by atoms with Crippen molar-refractivity contribution in [1.82, 2.24) is 0 Å². The van der Waals surface area contributed by atoms with Crippen molar-refractivity contribution in [2.75, 3.05) is 5.88 Å². The number of hydrogen-bond donors (Lipinski definition) is 0. The van der Waals surface area contributed by atoms with Gasteiger partial charge in [-0.05, 0) is 23.8 Å². The van der Waals surface area contributed by atoms with E-state index in [9.17, 15) is 18.4 Å². The standard InChI is InChI=1S/C8H6ClFO.C8H7FO/c9-5-8(11)6-3-1-2-4-7(6)10;9-8-4-2-1-3-7(8)5-6-10/h1-4H,5H2;1-4,6H,5H2. The average Bonchev–Trinajstić information content (AvgIpc) is 2.50. The maximum atomic E-state index is 12.7. The van der Waals surface area contributed by atoms with Crippen LogP contribution in [0.4, 0.5) is 8.78 Å². The number of carbonyl (C=O) groups excluding carboxylic acids is 2. The van der Waals surface area contributed by atoms with Gasteiger partial charge in [0.05, 0.1) is 11.4 Å². The number of ketones is 1. The summed E-state index contributed by atoms with van der Waals surface area (Å²) in [6.07, 6.45) is 0.852. The molecule has 2 aromatic rings. The first-order valence-electron chi connectivity index (χ1n) is 6.11. The Morgan fingerprint density at radius 2 is 1.57 bits per heavy atom. The van der Waals surface area contributed by atoms with Gasteiger partial charge in [-0.1, -0.05) is 30.3 Å². The summed E-state index contributed by atoms with van der Waals surface area (Å²) >= 11 is 5.24. The van der Waals surface area contributed by atoms with E-state index in [0.29, 0.717) is 11.8 Å². The predicted octanol–water partition coefficient (Wildman–Crippen LogP) is 3.81. The number of alkyl halides is 1. The monoisotopic (exact) mass is 310 g/mol. The van der Waals surface area contributed by atoms with Crippen LogP contribution >= 0.6 is 11.6 Å². The molecule has 2 rings (SSSR count). The second-order valence-corrected chi connectivity index (χ2v) is 4.27. The van der Waals surface area contributed by atoms with Gasteiger partial charge in [-0.15, -0.1) is 11.6 Å². The van der Waals surface area contributed by atoms with E-state index in [-0.39, 0.29) is 29.5 Å². The normalized spacial score (nSPS) is 9.48. The largest absolute Gasteiger partial charge is 0.303 e. The van der Waals surface area contributed by atoms with Gasteiger partial charge in [-0.25, -0.2) is 8.78 Å². The van der Waals surface area contributed by atoms with Crippen molar-refractivity contribution in [3.8, 4) is 0 Å². The number of rotatable bonds is 4. The lowest BCUT2D eigenvalue weighted by Crippen LogP contribution is -2.02. The van der Waals surface area contributed by atoms with E-state index >= 15 is 0 Å². The fraction of sp³-hybridized carbons (Fsp3) is 0.125. The summed E-state index contributed by atoms with van der Waals surface area (Å²) in [5, 5.41) is 0. The quantitative estimate of drug-likeness (QED) is 0.489. The van der Waals surface area contributed by atoms with Crippen LogP contribution in [-0.4, -0.2) is 17.9 Å². The van der Waals surface area contributed by atoms with Gasteiger partial charge in [-0.2, -0.15) is 0 Å². The second kappa shape index (κ2) is 8.97. The molecule has 0 N–H and O–H groups in total. The molecule has 0 heterocycles. The van der Waals surface area contributed by atoms with Gasteiger partial charge in [0, 0.05) is 6.42 Å². The van der Waals surface area contributed by atoms with Crippen molar-refractivity contribution in [1.29, 1.82) is 0 Å². The van der Waals surface area contributed by atoms with E-state index in [1.165, 1.54) is 24.3 Å². The summed E-state index contributed by atoms with van der Waals surface area (Å²) in [5.74, 6) is -1.39. The van der Waals surface area contributed by atoms with Crippen molar-refractivity contribution in [3.63, 3.8) is 0 Å². The van der Waals surface area contributed by atoms with Crippen LogP contribution in [0.5, 0.6) is 0 Å². The molecule has 0 aliphatic rings.